The van der Waals surface area contributed by atoms with Gasteiger partial charge in [-0.1, -0.05) is 72.8 Å². The fourth-order valence-corrected chi connectivity index (χ4v) is 3.34. The Kier molecular flexibility index (Phi) is 7.73. The lowest BCUT2D eigenvalue weighted by Gasteiger charge is -2.10. The van der Waals surface area contributed by atoms with Crippen LogP contribution in [-0.4, -0.2) is 30.8 Å². The van der Waals surface area contributed by atoms with Gasteiger partial charge in [0.1, 0.15) is 11.5 Å². The molecule has 178 valence electrons. The normalized spacial score (nSPS) is 11.3. The van der Waals surface area contributed by atoms with E-state index >= 15 is 0 Å². The summed E-state index contributed by atoms with van der Waals surface area (Å²) in [5.74, 6) is -1.41. The maximum Gasteiger partial charge on any atom is 0.346 e. The highest BCUT2D eigenvalue weighted by Gasteiger charge is 2.17. The summed E-state index contributed by atoms with van der Waals surface area (Å²) in [6.07, 6.45) is 1.45. The van der Waals surface area contributed by atoms with E-state index in [0.29, 0.717) is 16.7 Å². The Bertz CT molecular complexity index is 1430. The molecule has 6 nitrogen and oxygen atoms in total. The summed E-state index contributed by atoms with van der Waals surface area (Å²) in [4.78, 5) is 25.4. The predicted molar refractivity (Wildman–Crippen MR) is 136 cm³/mol. The molecule has 4 rings (SSSR count). The molecule has 4 aromatic carbocycles. The molecule has 4 aromatic rings. The van der Waals surface area contributed by atoms with Crippen LogP contribution in [0.5, 0.6) is 11.5 Å². The highest BCUT2D eigenvalue weighted by molar-refractivity contribution is 6.51. The Labute approximate surface area is 207 Å². The molecule has 0 N–H and O–H groups in total. The second kappa shape index (κ2) is 11.5. The molecule has 0 unspecified atom stereocenters. The van der Waals surface area contributed by atoms with Crippen LogP contribution >= 0.6 is 0 Å². The number of carbonyl (C=O) groups is 2. The van der Waals surface area contributed by atoms with Gasteiger partial charge in [-0.25, -0.2) is 9.18 Å². The van der Waals surface area contributed by atoms with Crippen molar-refractivity contribution < 1.29 is 23.5 Å². The highest BCUT2D eigenvalue weighted by Crippen LogP contribution is 2.28. The third-order valence-electron chi connectivity index (χ3n) is 5.15. The van der Waals surface area contributed by atoms with Gasteiger partial charge >= 0.3 is 5.97 Å². The molecule has 0 saturated heterocycles. The van der Waals surface area contributed by atoms with Crippen molar-refractivity contribution in [3.63, 3.8) is 0 Å². The molecule has 0 bridgehead atoms. The van der Waals surface area contributed by atoms with Crippen LogP contribution in [-0.2, 0) is 0 Å². The van der Waals surface area contributed by atoms with Gasteiger partial charge < -0.3 is 9.47 Å². The van der Waals surface area contributed by atoms with Gasteiger partial charge in [0.05, 0.1) is 18.9 Å². The van der Waals surface area contributed by atoms with E-state index in [2.05, 4.69) is 10.2 Å². The van der Waals surface area contributed by atoms with Gasteiger partial charge in [0.15, 0.2) is 11.5 Å². The Morgan fingerprint density at radius 1 is 0.778 bits per heavy atom. The van der Waals surface area contributed by atoms with Crippen molar-refractivity contribution in [1.82, 2.24) is 0 Å². The van der Waals surface area contributed by atoms with Crippen LogP contribution in [0.3, 0.4) is 0 Å². The number of esters is 1. The summed E-state index contributed by atoms with van der Waals surface area (Å²) >= 11 is 0. The van der Waals surface area contributed by atoms with Crippen LogP contribution in [0.1, 0.15) is 31.8 Å². The highest BCUT2D eigenvalue weighted by atomic mass is 19.1. The van der Waals surface area contributed by atoms with Gasteiger partial charge in [0.25, 0.3) is 0 Å². The molecular weight excluding hydrogens is 459 g/mol. The summed E-state index contributed by atoms with van der Waals surface area (Å²) in [6.45, 7) is 0. The molecule has 0 aliphatic rings. The topological polar surface area (TPSA) is 77.3 Å². The van der Waals surface area contributed by atoms with E-state index in [1.54, 1.807) is 54.6 Å². The number of methoxy groups -OCH3 is 1. The van der Waals surface area contributed by atoms with Gasteiger partial charge in [0, 0.05) is 11.1 Å². The third kappa shape index (κ3) is 5.77. The smallest absolute Gasteiger partial charge is 0.346 e. The van der Waals surface area contributed by atoms with Crippen LogP contribution < -0.4 is 9.47 Å². The Morgan fingerprint density at radius 2 is 1.42 bits per heavy atom. The molecule has 0 aromatic heterocycles. The number of carbonyl (C=O) groups excluding carboxylic acids is 2. The van der Waals surface area contributed by atoms with Crippen LogP contribution in [0.15, 0.2) is 113 Å². The fraction of sp³-hybridized carbons (Fsp3) is 0.0345. The minimum atomic E-state index is -0.843. The van der Waals surface area contributed by atoms with Crippen molar-refractivity contribution in [2.75, 3.05) is 7.11 Å². The van der Waals surface area contributed by atoms with Crippen molar-refractivity contribution >= 4 is 23.7 Å². The summed E-state index contributed by atoms with van der Waals surface area (Å²) in [6, 6.07) is 28.2. The van der Waals surface area contributed by atoms with Gasteiger partial charge in [-0.3, -0.25) is 4.79 Å². The Morgan fingerprint density at radius 3 is 2.08 bits per heavy atom. The molecule has 0 aliphatic carbocycles. The molecule has 0 amide bonds. The quantitative estimate of drug-likeness (QED) is 0.106. The van der Waals surface area contributed by atoms with Crippen molar-refractivity contribution in [2.24, 2.45) is 10.2 Å². The second-order valence-electron chi connectivity index (χ2n) is 7.53. The zero-order valence-corrected chi connectivity index (χ0v) is 19.3. The average Bonchev–Trinajstić information content (AvgIpc) is 2.92. The van der Waals surface area contributed by atoms with Crippen molar-refractivity contribution in [2.45, 2.75) is 0 Å². The Balaban J connectivity index is 1.58. The first-order chi connectivity index (χ1) is 17.6. The van der Waals surface area contributed by atoms with Gasteiger partial charge in [0.2, 0.25) is 5.78 Å². The molecule has 0 fully saturated rings. The summed E-state index contributed by atoms with van der Waals surface area (Å²) in [5.41, 5.74) is 1.73. The number of hydrogen-bond donors (Lipinski definition) is 0. The minimum Gasteiger partial charge on any atom is -0.493 e. The van der Waals surface area contributed by atoms with Crippen molar-refractivity contribution in [3.8, 4) is 11.5 Å². The maximum absolute atomic E-state index is 13.9. The number of ketones is 1. The average molecular weight is 480 g/mol. The van der Waals surface area contributed by atoms with Gasteiger partial charge in [-0.15, -0.1) is 5.10 Å². The number of hydrogen-bond acceptors (Lipinski definition) is 6. The zero-order valence-electron chi connectivity index (χ0n) is 19.3. The molecule has 0 radical (unpaired) electrons. The lowest BCUT2D eigenvalue weighted by Crippen LogP contribution is -2.15. The fourth-order valence-electron chi connectivity index (χ4n) is 3.34. The molecule has 0 atom stereocenters. The molecular formula is C29H21FN2O4. The van der Waals surface area contributed by atoms with Gasteiger partial charge in [-0.05, 0) is 35.9 Å². The Hall–Kier alpha value is -4.91. The van der Waals surface area contributed by atoms with Crippen molar-refractivity contribution in [3.05, 3.63) is 131 Å². The second-order valence-corrected chi connectivity index (χ2v) is 7.53. The van der Waals surface area contributed by atoms with E-state index in [1.165, 1.54) is 37.6 Å². The van der Waals surface area contributed by atoms with Crippen molar-refractivity contribution in [1.29, 1.82) is 0 Å². The lowest BCUT2D eigenvalue weighted by molar-refractivity contribution is 0.0724. The van der Waals surface area contributed by atoms with E-state index in [1.807, 2.05) is 24.3 Å². The monoisotopic (exact) mass is 480 g/mol. The molecule has 0 aliphatic heterocycles. The molecule has 7 heteroatoms. The third-order valence-corrected chi connectivity index (χ3v) is 5.15. The van der Waals surface area contributed by atoms with Crippen LogP contribution in [0, 0.1) is 5.82 Å². The summed E-state index contributed by atoms with van der Waals surface area (Å²) in [7, 11) is 1.42. The van der Waals surface area contributed by atoms with E-state index < -0.39 is 11.8 Å². The number of rotatable bonds is 8. The lowest BCUT2D eigenvalue weighted by atomic mass is 10.0. The van der Waals surface area contributed by atoms with Crippen LogP contribution in [0.2, 0.25) is 0 Å². The number of ether oxygens (including phenoxy) is 2. The number of benzene rings is 4. The van der Waals surface area contributed by atoms with E-state index in [9.17, 15) is 14.0 Å². The van der Waals surface area contributed by atoms with E-state index in [0.717, 1.165) is 0 Å². The van der Waals surface area contributed by atoms with Crippen LogP contribution in [0.25, 0.3) is 0 Å². The molecule has 0 saturated carbocycles. The summed E-state index contributed by atoms with van der Waals surface area (Å²) in [5, 5.41) is 8.33. The van der Waals surface area contributed by atoms with Crippen LogP contribution in [0.4, 0.5) is 4.39 Å². The van der Waals surface area contributed by atoms with Gasteiger partial charge in [-0.2, -0.15) is 5.10 Å². The zero-order chi connectivity index (χ0) is 25.3. The van der Waals surface area contributed by atoms with E-state index in [-0.39, 0.29) is 28.6 Å². The first-order valence-electron chi connectivity index (χ1n) is 11.0. The number of nitrogens with zero attached hydrogens (tertiary/aromatic N) is 2. The molecule has 0 heterocycles. The minimum absolute atomic E-state index is 0.121. The largest absolute Gasteiger partial charge is 0.493 e. The first kappa shape index (κ1) is 24.2. The predicted octanol–water partition coefficient (Wildman–Crippen LogP) is 5.76. The number of Topliss-reactive ketones (excluding diaryl/α,β-unsaturated/α-hetero) is 1. The first-order valence-corrected chi connectivity index (χ1v) is 11.0. The maximum atomic E-state index is 13.9. The molecule has 36 heavy (non-hydrogen) atoms. The van der Waals surface area contributed by atoms with E-state index in [4.69, 9.17) is 9.47 Å². The molecule has 0 spiro atoms. The number of halogens is 1. The summed E-state index contributed by atoms with van der Waals surface area (Å²) < 4.78 is 24.5. The standard InChI is InChI=1S/C29H21FN2O4/c1-35-26-18-20(16-17-25(26)36-29(34)23-14-8-9-15-24(23)30)19-31-32-27(21-10-4-2-5-11-21)28(33)22-12-6-3-7-13-22/h2-19H,1H3/b31-19+,32-27+. The SMILES string of the molecule is COc1cc(/C=N/N=C(/C(=O)c2ccccc2)c2ccccc2)ccc1OC(=O)c1ccccc1F.